The standard InChI is InChI=1S/C18H29N3OS/c1-3-15-11(2)23-16(21-15)7-8-20-18(22)14-9-12-5-4-6-13(10-14)17(12)19/h12-14,17H,3-10,19H2,1-2H3,(H,20,22). The first kappa shape index (κ1) is 16.9. The van der Waals surface area contributed by atoms with Gasteiger partial charge in [0.1, 0.15) is 0 Å². The van der Waals surface area contributed by atoms with Crippen LogP contribution in [-0.2, 0) is 17.6 Å². The number of aromatic nitrogens is 1. The molecule has 2 saturated carbocycles. The Labute approximate surface area is 143 Å². The molecule has 0 saturated heterocycles. The molecule has 1 amide bonds. The van der Waals surface area contributed by atoms with Crippen LogP contribution in [0.5, 0.6) is 0 Å². The van der Waals surface area contributed by atoms with Crippen molar-refractivity contribution in [3.05, 3.63) is 15.6 Å². The van der Waals surface area contributed by atoms with Gasteiger partial charge in [-0.15, -0.1) is 11.3 Å². The highest BCUT2D eigenvalue weighted by Crippen LogP contribution is 2.41. The fourth-order valence-electron chi connectivity index (χ4n) is 4.36. The summed E-state index contributed by atoms with van der Waals surface area (Å²) in [6.07, 6.45) is 7.51. The van der Waals surface area contributed by atoms with Crippen molar-refractivity contribution in [2.75, 3.05) is 6.54 Å². The van der Waals surface area contributed by atoms with Gasteiger partial charge in [0.15, 0.2) is 0 Å². The molecule has 1 aromatic rings. The average molecular weight is 336 g/mol. The second-order valence-corrected chi connectivity index (χ2v) is 8.49. The first-order valence-electron chi connectivity index (χ1n) is 9.07. The van der Waals surface area contributed by atoms with Crippen LogP contribution in [0.25, 0.3) is 0 Å². The molecular weight excluding hydrogens is 306 g/mol. The number of fused-ring (bicyclic) bond motifs is 2. The topological polar surface area (TPSA) is 68.0 Å². The lowest BCUT2D eigenvalue weighted by Crippen LogP contribution is -2.49. The van der Waals surface area contributed by atoms with E-state index in [1.807, 2.05) is 0 Å². The third-order valence-electron chi connectivity index (χ3n) is 5.69. The Morgan fingerprint density at radius 3 is 2.65 bits per heavy atom. The predicted molar refractivity (Wildman–Crippen MR) is 94.5 cm³/mol. The van der Waals surface area contributed by atoms with Gasteiger partial charge < -0.3 is 11.1 Å². The molecule has 3 N–H and O–H groups in total. The van der Waals surface area contributed by atoms with Gasteiger partial charge in [0, 0.05) is 29.8 Å². The van der Waals surface area contributed by atoms with E-state index in [2.05, 4.69) is 24.1 Å². The molecule has 2 fully saturated rings. The zero-order valence-corrected chi connectivity index (χ0v) is 15.1. The van der Waals surface area contributed by atoms with E-state index >= 15 is 0 Å². The maximum Gasteiger partial charge on any atom is 0.223 e. The number of carbonyl (C=O) groups is 1. The number of nitrogens with one attached hydrogen (secondary N) is 1. The number of aryl methyl sites for hydroxylation is 2. The van der Waals surface area contributed by atoms with Crippen LogP contribution in [0.4, 0.5) is 0 Å². The Hall–Kier alpha value is -0.940. The fraction of sp³-hybridized carbons (Fsp3) is 0.778. The van der Waals surface area contributed by atoms with Crippen molar-refractivity contribution in [2.45, 2.75) is 64.8 Å². The largest absolute Gasteiger partial charge is 0.355 e. The molecule has 2 bridgehead atoms. The average Bonchev–Trinajstić information content (AvgIpc) is 2.87. The normalized spacial score (nSPS) is 30.2. The van der Waals surface area contributed by atoms with E-state index in [4.69, 9.17) is 5.73 Å². The molecule has 23 heavy (non-hydrogen) atoms. The molecule has 0 aromatic carbocycles. The second kappa shape index (κ2) is 7.31. The van der Waals surface area contributed by atoms with Gasteiger partial charge >= 0.3 is 0 Å². The highest BCUT2D eigenvalue weighted by Gasteiger charge is 2.40. The van der Waals surface area contributed by atoms with Crippen molar-refractivity contribution in [3.8, 4) is 0 Å². The first-order valence-corrected chi connectivity index (χ1v) is 9.88. The van der Waals surface area contributed by atoms with Gasteiger partial charge in [-0.1, -0.05) is 13.3 Å². The molecule has 2 unspecified atom stereocenters. The molecule has 128 valence electrons. The highest BCUT2D eigenvalue weighted by molar-refractivity contribution is 7.11. The monoisotopic (exact) mass is 335 g/mol. The van der Waals surface area contributed by atoms with Crippen LogP contribution in [0.15, 0.2) is 0 Å². The lowest BCUT2D eigenvalue weighted by atomic mass is 9.65. The van der Waals surface area contributed by atoms with Crippen molar-refractivity contribution < 1.29 is 4.79 Å². The predicted octanol–water partition coefficient (Wildman–Crippen LogP) is 2.83. The lowest BCUT2D eigenvalue weighted by Gasteiger charge is -2.43. The van der Waals surface area contributed by atoms with Gasteiger partial charge in [-0.2, -0.15) is 0 Å². The minimum absolute atomic E-state index is 0.175. The molecule has 4 nitrogen and oxygen atoms in total. The van der Waals surface area contributed by atoms with Crippen LogP contribution in [-0.4, -0.2) is 23.5 Å². The summed E-state index contributed by atoms with van der Waals surface area (Å²) in [5.41, 5.74) is 7.51. The second-order valence-electron chi connectivity index (χ2n) is 7.20. The van der Waals surface area contributed by atoms with Crippen molar-refractivity contribution in [3.63, 3.8) is 0 Å². The summed E-state index contributed by atoms with van der Waals surface area (Å²) < 4.78 is 0. The summed E-state index contributed by atoms with van der Waals surface area (Å²) in [7, 11) is 0. The summed E-state index contributed by atoms with van der Waals surface area (Å²) in [5, 5.41) is 4.28. The molecule has 2 atom stereocenters. The van der Waals surface area contributed by atoms with Gasteiger partial charge in [0.2, 0.25) is 5.91 Å². The molecule has 0 spiro atoms. The van der Waals surface area contributed by atoms with Gasteiger partial charge in [0.25, 0.3) is 0 Å². The third kappa shape index (κ3) is 3.77. The van der Waals surface area contributed by atoms with E-state index in [1.54, 1.807) is 11.3 Å². The van der Waals surface area contributed by atoms with Crippen molar-refractivity contribution >= 4 is 17.2 Å². The van der Waals surface area contributed by atoms with Gasteiger partial charge in [-0.25, -0.2) is 4.98 Å². The zero-order valence-electron chi connectivity index (χ0n) is 14.3. The number of hydrogen-bond donors (Lipinski definition) is 2. The van der Waals surface area contributed by atoms with Crippen LogP contribution >= 0.6 is 11.3 Å². The minimum Gasteiger partial charge on any atom is -0.355 e. The fourth-order valence-corrected chi connectivity index (χ4v) is 5.38. The Bertz CT molecular complexity index is 542. The van der Waals surface area contributed by atoms with Crippen molar-refractivity contribution in [1.29, 1.82) is 0 Å². The number of amides is 1. The molecule has 5 heteroatoms. The van der Waals surface area contributed by atoms with Crippen LogP contribution in [0.3, 0.4) is 0 Å². The Balaban J connectivity index is 1.48. The molecule has 1 heterocycles. The van der Waals surface area contributed by atoms with Crippen molar-refractivity contribution in [2.24, 2.45) is 23.5 Å². The van der Waals surface area contributed by atoms with Crippen LogP contribution < -0.4 is 11.1 Å². The summed E-state index contributed by atoms with van der Waals surface area (Å²) in [5.74, 6) is 1.53. The van der Waals surface area contributed by atoms with E-state index < -0.39 is 0 Å². The number of nitrogens with two attached hydrogens (primary N) is 1. The summed E-state index contributed by atoms with van der Waals surface area (Å²) in [6.45, 7) is 4.97. The molecule has 0 radical (unpaired) electrons. The van der Waals surface area contributed by atoms with Crippen LogP contribution in [0.2, 0.25) is 0 Å². The molecule has 1 aromatic heterocycles. The van der Waals surface area contributed by atoms with Gasteiger partial charge in [0.05, 0.1) is 10.7 Å². The number of rotatable bonds is 5. The maximum absolute atomic E-state index is 12.5. The van der Waals surface area contributed by atoms with E-state index in [-0.39, 0.29) is 11.8 Å². The Kier molecular flexibility index (Phi) is 5.37. The quantitative estimate of drug-likeness (QED) is 0.869. The Morgan fingerprint density at radius 2 is 2.04 bits per heavy atom. The van der Waals surface area contributed by atoms with E-state index in [0.717, 1.165) is 30.7 Å². The van der Waals surface area contributed by atoms with Crippen molar-refractivity contribution in [1.82, 2.24) is 10.3 Å². The summed E-state index contributed by atoms with van der Waals surface area (Å²) >= 11 is 1.76. The lowest BCUT2D eigenvalue weighted by molar-refractivity contribution is -0.127. The molecule has 2 aliphatic carbocycles. The van der Waals surface area contributed by atoms with E-state index in [0.29, 0.717) is 24.4 Å². The summed E-state index contributed by atoms with van der Waals surface area (Å²) in [4.78, 5) is 18.4. The first-order chi connectivity index (χ1) is 11.1. The third-order valence-corrected chi connectivity index (χ3v) is 6.77. The maximum atomic E-state index is 12.5. The number of carbonyl (C=O) groups excluding carboxylic acids is 1. The SMILES string of the molecule is CCc1nc(CCNC(=O)C2CC3CCCC(C2)C3N)sc1C. The Morgan fingerprint density at radius 1 is 1.35 bits per heavy atom. The van der Waals surface area contributed by atoms with Gasteiger partial charge in [-0.3, -0.25) is 4.79 Å². The van der Waals surface area contributed by atoms with Crippen LogP contribution in [0.1, 0.15) is 54.6 Å². The highest BCUT2D eigenvalue weighted by atomic mass is 32.1. The molecule has 2 aliphatic rings. The zero-order chi connectivity index (χ0) is 16.4. The minimum atomic E-state index is 0.175. The smallest absolute Gasteiger partial charge is 0.223 e. The van der Waals surface area contributed by atoms with E-state index in [1.165, 1.54) is 29.8 Å². The molecule has 3 rings (SSSR count). The number of thiazole rings is 1. The van der Waals surface area contributed by atoms with E-state index in [9.17, 15) is 4.79 Å². The molecular formula is C18H29N3OS. The number of nitrogens with zero attached hydrogens (tertiary/aromatic N) is 1. The number of hydrogen-bond acceptors (Lipinski definition) is 4. The molecule has 0 aliphatic heterocycles. The summed E-state index contributed by atoms with van der Waals surface area (Å²) in [6, 6.07) is 0.332. The van der Waals surface area contributed by atoms with Crippen LogP contribution in [0, 0.1) is 24.7 Å². The van der Waals surface area contributed by atoms with Gasteiger partial charge in [-0.05, 0) is 50.9 Å².